The van der Waals surface area contributed by atoms with Gasteiger partial charge < -0.3 is 10.8 Å². The molecule has 0 aliphatic heterocycles. The van der Waals surface area contributed by atoms with Crippen molar-refractivity contribution in [2.75, 3.05) is 11.5 Å². The van der Waals surface area contributed by atoms with E-state index in [-0.39, 0.29) is 22.8 Å². The number of hydrogen-bond donors (Lipinski definition) is 2. The molecule has 3 N–H and O–H groups in total. The van der Waals surface area contributed by atoms with Gasteiger partial charge in [-0.25, -0.2) is 8.78 Å². The van der Waals surface area contributed by atoms with E-state index in [0.717, 1.165) is 23.9 Å². The predicted molar refractivity (Wildman–Crippen MR) is 53.7 cm³/mol. The second-order valence-corrected chi connectivity index (χ2v) is 3.91. The molecule has 15 heavy (non-hydrogen) atoms. The number of carboxylic acids is 1. The summed E-state index contributed by atoms with van der Waals surface area (Å²) in [7, 11) is 0. The highest BCUT2D eigenvalue weighted by atomic mass is 32.2. The molecule has 0 aromatic heterocycles. The lowest BCUT2D eigenvalue weighted by atomic mass is 10.3. The molecule has 82 valence electrons. The molecule has 0 aliphatic rings. The van der Waals surface area contributed by atoms with Gasteiger partial charge in [0, 0.05) is 11.4 Å². The summed E-state index contributed by atoms with van der Waals surface area (Å²) < 4.78 is 26.3. The first-order valence-corrected chi connectivity index (χ1v) is 5.08. The maximum absolute atomic E-state index is 13.1. The van der Waals surface area contributed by atoms with Crippen molar-refractivity contribution in [1.29, 1.82) is 0 Å². The fourth-order valence-corrected chi connectivity index (χ4v) is 1.83. The van der Waals surface area contributed by atoms with Crippen LogP contribution in [0.3, 0.4) is 0 Å². The number of carboxylic acid groups (broad SMARTS) is 1. The summed E-state index contributed by atoms with van der Waals surface area (Å²) in [6, 6.07) is 2.01. The predicted octanol–water partition coefficient (Wildman–Crippen LogP) is 2.11. The van der Waals surface area contributed by atoms with Gasteiger partial charge in [0.25, 0.3) is 0 Å². The maximum Gasteiger partial charge on any atom is 0.304 e. The van der Waals surface area contributed by atoms with Crippen molar-refractivity contribution < 1.29 is 18.7 Å². The van der Waals surface area contributed by atoms with Crippen LogP contribution in [0.25, 0.3) is 0 Å². The van der Waals surface area contributed by atoms with E-state index >= 15 is 0 Å². The first-order valence-electron chi connectivity index (χ1n) is 4.10. The van der Waals surface area contributed by atoms with Crippen LogP contribution in [0, 0.1) is 11.6 Å². The first kappa shape index (κ1) is 11.8. The molecule has 0 heterocycles. The molecule has 0 unspecified atom stereocenters. The molecule has 1 rings (SSSR count). The van der Waals surface area contributed by atoms with Crippen molar-refractivity contribution in [3.05, 3.63) is 23.8 Å². The average molecular weight is 233 g/mol. The van der Waals surface area contributed by atoms with Gasteiger partial charge in [-0.3, -0.25) is 4.79 Å². The zero-order valence-electron chi connectivity index (χ0n) is 7.67. The van der Waals surface area contributed by atoms with Crippen LogP contribution in [0.4, 0.5) is 14.5 Å². The molecule has 0 bridgehead atoms. The Balaban J connectivity index is 2.72. The van der Waals surface area contributed by atoms with Gasteiger partial charge in [0.2, 0.25) is 0 Å². The second kappa shape index (κ2) is 4.97. The minimum absolute atomic E-state index is 0.00702. The minimum Gasteiger partial charge on any atom is -0.481 e. The van der Waals surface area contributed by atoms with Gasteiger partial charge in [-0.15, -0.1) is 11.8 Å². The van der Waals surface area contributed by atoms with Gasteiger partial charge in [-0.05, 0) is 12.1 Å². The standard InChI is InChI=1S/C9H9F2NO2S/c10-6-3-5(12)4-7(11)9(6)15-2-1-8(13)14/h3-4H,1-2,12H2,(H,13,14). The largest absolute Gasteiger partial charge is 0.481 e. The van der Waals surface area contributed by atoms with Crippen LogP contribution in [0.2, 0.25) is 0 Å². The van der Waals surface area contributed by atoms with E-state index in [1.807, 2.05) is 0 Å². The molecule has 0 saturated heterocycles. The fourth-order valence-electron chi connectivity index (χ4n) is 0.958. The van der Waals surface area contributed by atoms with Gasteiger partial charge >= 0.3 is 5.97 Å². The zero-order valence-corrected chi connectivity index (χ0v) is 8.48. The molecule has 0 spiro atoms. The lowest BCUT2D eigenvalue weighted by Crippen LogP contribution is -1.98. The average Bonchev–Trinajstić information content (AvgIpc) is 2.08. The lowest BCUT2D eigenvalue weighted by molar-refractivity contribution is -0.136. The molecule has 0 atom stereocenters. The quantitative estimate of drug-likeness (QED) is 0.617. The Labute approximate surface area is 89.3 Å². The van der Waals surface area contributed by atoms with E-state index in [0.29, 0.717) is 0 Å². The number of nitrogen functional groups attached to an aromatic ring is 1. The fraction of sp³-hybridized carbons (Fsp3) is 0.222. The van der Waals surface area contributed by atoms with Crippen LogP contribution < -0.4 is 5.73 Å². The second-order valence-electron chi connectivity index (χ2n) is 2.81. The monoisotopic (exact) mass is 233 g/mol. The third-order valence-corrected chi connectivity index (χ3v) is 2.67. The third-order valence-electron chi connectivity index (χ3n) is 1.58. The molecular weight excluding hydrogens is 224 g/mol. The van der Waals surface area contributed by atoms with Gasteiger partial charge in [-0.2, -0.15) is 0 Å². The van der Waals surface area contributed by atoms with Crippen molar-refractivity contribution in [3.63, 3.8) is 0 Å². The molecule has 1 aromatic carbocycles. The van der Waals surface area contributed by atoms with Crippen LogP contribution in [0.5, 0.6) is 0 Å². The Kier molecular flexibility index (Phi) is 3.90. The van der Waals surface area contributed by atoms with Crippen LogP contribution >= 0.6 is 11.8 Å². The number of hydrogen-bond acceptors (Lipinski definition) is 3. The van der Waals surface area contributed by atoms with Crippen LogP contribution in [-0.2, 0) is 4.79 Å². The van der Waals surface area contributed by atoms with Crippen LogP contribution in [-0.4, -0.2) is 16.8 Å². The van der Waals surface area contributed by atoms with E-state index in [1.54, 1.807) is 0 Å². The number of halogens is 2. The number of rotatable bonds is 4. The molecule has 0 aliphatic carbocycles. The number of nitrogens with two attached hydrogens (primary N) is 1. The molecule has 6 heteroatoms. The first-order chi connectivity index (χ1) is 7.00. The van der Waals surface area contributed by atoms with Crippen molar-refractivity contribution in [2.45, 2.75) is 11.3 Å². The number of thioether (sulfide) groups is 1. The summed E-state index contributed by atoms with van der Waals surface area (Å²) in [6.45, 7) is 0. The summed E-state index contributed by atoms with van der Waals surface area (Å²) in [5.74, 6) is -2.41. The Bertz CT molecular complexity index is 361. The highest BCUT2D eigenvalue weighted by Crippen LogP contribution is 2.27. The smallest absolute Gasteiger partial charge is 0.304 e. The van der Waals surface area contributed by atoms with E-state index in [2.05, 4.69) is 0 Å². The van der Waals surface area contributed by atoms with Gasteiger partial charge in [0.05, 0.1) is 11.3 Å². The Morgan fingerprint density at radius 1 is 1.40 bits per heavy atom. The van der Waals surface area contributed by atoms with E-state index < -0.39 is 17.6 Å². The summed E-state index contributed by atoms with van der Waals surface area (Å²) in [6.07, 6.45) is -0.145. The lowest BCUT2D eigenvalue weighted by Gasteiger charge is -2.04. The normalized spacial score (nSPS) is 10.3. The molecule has 3 nitrogen and oxygen atoms in total. The van der Waals surface area contributed by atoms with Crippen molar-refractivity contribution in [1.82, 2.24) is 0 Å². The molecule has 0 radical (unpaired) electrons. The molecule has 0 saturated carbocycles. The Hall–Kier alpha value is -1.30. The van der Waals surface area contributed by atoms with Gasteiger partial charge in [0.15, 0.2) is 0 Å². The van der Waals surface area contributed by atoms with E-state index in [4.69, 9.17) is 10.8 Å². The summed E-state index contributed by atoms with van der Waals surface area (Å²) in [5.41, 5.74) is 5.23. The summed E-state index contributed by atoms with van der Waals surface area (Å²) in [4.78, 5) is 10.0. The van der Waals surface area contributed by atoms with Gasteiger partial charge in [0.1, 0.15) is 11.6 Å². The van der Waals surface area contributed by atoms with Crippen molar-refractivity contribution >= 4 is 23.4 Å². The molecule has 0 fully saturated rings. The van der Waals surface area contributed by atoms with Gasteiger partial charge in [-0.1, -0.05) is 0 Å². The highest BCUT2D eigenvalue weighted by molar-refractivity contribution is 7.99. The van der Waals surface area contributed by atoms with Crippen LogP contribution in [0.1, 0.15) is 6.42 Å². The number of aliphatic carboxylic acids is 1. The van der Waals surface area contributed by atoms with Crippen molar-refractivity contribution in [2.24, 2.45) is 0 Å². The molecular formula is C9H9F2NO2S. The zero-order chi connectivity index (χ0) is 11.4. The number of carbonyl (C=O) groups is 1. The van der Waals surface area contributed by atoms with Crippen molar-refractivity contribution in [3.8, 4) is 0 Å². The molecule has 1 aromatic rings. The maximum atomic E-state index is 13.1. The minimum atomic E-state index is -1.00. The summed E-state index contributed by atoms with van der Waals surface area (Å²) >= 11 is 0.824. The third kappa shape index (κ3) is 3.39. The van der Waals surface area contributed by atoms with E-state index in [9.17, 15) is 13.6 Å². The topological polar surface area (TPSA) is 63.3 Å². The Morgan fingerprint density at radius 2 is 1.93 bits per heavy atom. The number of anilines is 1. The number of benzene rings is 1. The highest BCUT2D eigenvalue weighted by Gasteiger charge is 2.11. The molecule has 0 amide bonds. The van der Waals surface area contributed by atoms with E-state index in [1.165, 1.54) is 0 Å². The SMILES string of the molecule is Nc1cc(F)c(SCCC(=O)O)c(F)c1. The summed E-state index contributed by atoms with van der Waals surface area (Å²) in [5, 5.41) is 8.35. The van der Waals surface area contributed by atoms with Crippen LogP contribution in [0.15, 0.2) is 17.0 Å². The Morgan fingerprint density at radius 3 is 2.40 bits per heavy atom.